The Labute approximate surface area is 95.8 Å². The van der Waals surface area contributed by atoms with E-state index in [2.05, 4.69) is 35.4 Å². The van der Waals surface area contributed by atoms with E-state index in [-0.39, 0.29) is 0 Å². The van der Waals surface area contributed by atoms with Gasteiger partial charge in [0.25, 0.3) is 0 Å². The molecule has 0 bridgehead atoms. The number of nitrogens with two attached hydrogens (primary N) is 1. The van der Waals surface area contributed by atoms with Crippen molar-refractivity contribution in [2.75, 3.05) is 0 Å². The fraction of sp³-hybridized carbons (Fsp3) is 0.429. The molecule has 0 aliphatic heterocycles. The van der Waals surface area contributed by atoms with Crippen molar-refractivity contribution in [2.24, 2.45) is 5.73 Å². The van der Waals surface area contributed by atoms with Crippen LogP contribution in [0.15, 0.2) is 30.5 Å². The van der Waals surface area contributed by atoms with Crippen LogP contribution in [-0.2, 0) is 0 Å². The van der Waals surface area contributed by atoms with Crippen molar-refractivity contribution in [3.63, 3.8) is 0 Å². The highest BCUT2D eigenvalue weighted by Crippen LogP contribution is 2.35. The Hall–Kier alpha value is -1.28. The van der Waals surface area contributed by atoms with E-state index in [0.29, 0.717) is 12.0 Å². The van der Waals surface area contributed by atoms with Crippen LogP contribution in [0.4, 0.5) is 0 Å². The molecule has 2 nitrogen and oxygen atoms in total. The molecule has 2 heteroatoms. The molecule has 1 aliphatic rings. The number of nitrogens with one attached hydrogen (secondary N) is 1. The summed E-state index contributed by atoms with van der Waals surface area (Å²) in [5.41, 5.74) is 8.78. The van der Waals surface area contributed by atoms with Gasteiger partial charge in [-0.1, -0.05) is 24.6 Å². The molecule has 2 aromatic rings. The first-order valence-corrected chi connectivity index (χ1v) is 6.16. The summed E-state index contributed by atoms with van der Waals surface area (Å²) in [6.45, 7) is 0. The Morgan fingerprint density at radius 3 is 2.94 bits per heavy atom. The van der Waals surface area contributed by atoms with Crippen molar-refractivity contribution in [1.82, 2.24) is 4.98 Å². The molecule has 0 spiro atoms. The number of hydrogen-bond acceptors (Lipinski definition) is 1. The molecular weight excluding hydrogens is 196 g/mol. The Kier molecular flexibility index (Phi) is 2.44. The lowest BCUT2D eigenvalue weighted by atomic mass is 9.81. The van der Waals surface area contributed by atoms with Crippen LogP contribution < -0.4 is 5.73 Å². The minimum atomic E-state index is 0.396. The molecule has 84 valence electrons. The van der Waals surface area contributed by atoms with Crippen LogP contribution in [0.3, 0.4) is 0 Å². The average molecular weight is 214 g/mol. The van der Waals surface area contributed by atoms with Crippen molar-refractivity contribution in [1.29, 1.82) is 0 Å². The predicted molar refractivity (Wildman–Crippen MR) is 67.5 cm³/mol. The molecule has 1 heterocycles. The molecule has 3 rings (SSSR count). The maximum atomic E-state index is 6.07. The molecule has 1 aliphatic carbocycles. The third-order valence-corrected chi connectivity index (χ3v) is 3.78. The first-order valence-electron chi connectivity index (χ1n) is 6.16. The Bertz CT molecular complexity index is 486. The lowest BCUT2D eigenvalue weighted by molar-refractivity contribution is 0.395. The van der Waals surface area contributed by atoms with Crippen molar-refractivity contribution in [2.45, 2.75) is 37.6 Å². The molecule has 1 fully saturated rings. The van der Waals surface area contributed by atoms with Crippen LogP contribution in [0.5, 0.6) is 0 Å². The van der Waals surface area contributed by atoms with E-state index in [1.807, 2.05) is 0 Å². The van der Waals surface area contributed by atoms with Crippen LogP contribution in [0.2, 0.25) is 0 Å². The summed E-state index contributed by atoms with van der Waals surface area (Å²) in [4.78, 5) is 3.36. The zero-order valence-electron chi connectivity index (χ0n) is 9.45. The molecule has 0 unspecified atom stereocenters. The van der Waals surface area contributed by atoms with E-state index in [1.54, 1.807) is 0 Å². The van der Waals surface area contributed by atoms with E-state index in [0.717, 1.165) is 6.42 Å². The number of H-pyrrole nitrogens is 1. The van der Waals surface area contributed by atoms with Gasteiger partial charge in [0.15, 0.2) is 0 Å². The fourth-order valence-corrected chi connectivity index (χ4v) is 2.94. The van der Waals surface area contributed by atoms with Gasteiger partial charge in [0.2, 0.25) is 0 Å². The second kappa shape index (κ2) is 3.95. The normalized spacial score (nSPS) is 26.1. The van der Waals surface area contributed by atoms with Gasteiger partial charge in [-0.05, 0) is 36.8 Å². The summed E-state index contributed by atoms with van der Waals surface area (Å²) in [5.74, 6) is 0.653. The standard InChI is InChI=1S/C14H18N2/c15-11-5-3-4-10(8-11)13-9-16-14-7-2-1-6-12(13)14/h1-2,6-7,9-11,16H,3-5,8,15H2/t10-,11-/m0/s1. The van der Waals surface area contributed by atoms with Crippen molar-refractivity contribution >= 4 is 10.9 Å². The summed E-state index contributed by atoms with van der Waals surface area (Å²) in [5, 5.41) is 1.38. The molecular formula is C14H18N2. The minimum Gasteiger partial charge on any atom is -0.361 e. The summed E-state index contributed by atoms with van der Waals surface area (Å²) in [6, 6.07) is 8.94. The molecule has 2 atom stereocenters. The monoisotopic (exact) mass is 214 g/mol. The predicted octanol–water partition coefficient (Wildman–Crippen LogP) is 3.15. The maximum absolute atomic E-state index is 6.07. The van der Waals surface area contributed by atoms with Gasteiger partial charge in [0.05, 0.1) is 0 Å². The number of hydrogen-bond donors (Lipinski definition) is 2. The number of aromatic nitrogens is 1. The number of fused-ring (bicyclic) bond motifs is 1. The second-order valence-corrected chi connectivity index (χ2v) is 4.91. The average Bonchev–Trinajstić information content (AvgIpc) is 2.72. The molecule has 0 radical (unpaired) electrons. The smallest absolute Gasteiger partial charge is 0.0456 e. The van der Waals surface area contributed by atoms with Crippen LogP contribution in [0.25, 0.3) is 10.9 Å². The Morgan fingerprint density at radius 1 is 1.19 bits per heavy atom. The van der Waals surface area contributed by atoms with E-state index >= 15 is 0 Å². The molecule has 1 aromatic heterocycles. The van der Waals surface area contributed by atoms with Gasteiger partial charge in [-0.25, -0.2) is 0 Å². The molecule has 0 amide bonds. The second-order valence-electron chi connectivity index (χ2n) is 4.91. The van der Waals surface area contributed by atoms with Gasteiger partial charge in [-0.3, -0.25) is 0 Å². The lowest BCUT2D eigenvalue weighted by Crippen LogP contribution is -2.26. The summed E-state index contributed by atoms with van der Waals surface area (Å²) < 4.78 is 0. The number of aromatic amines is 1. The minimum absolute atomic E-state index is 0.396. The van der Waals surface area contributed by atoms with Crippen molar-refractivity contribution in [3.8, 4) is 0 Å². The van der Waals surface area contributed by atoms with Gasteiger partial charge < -0.3 is 10.7 Å². The number of benzene rings is 1. The third-order valence-electron chi connectivity index (χ3n) is 3.78. The van der Waals surface area contributed by atoms with Gasteiger partial charge >= 0.3 is 0 Å². The molecule has 0 saturated heterocycles. The molecule has 3 N–H and O–H groups in total. The van der Waals surface area contributed by atoms with E-state index in [4.69, 9.17) is 5.73 Å². The quantitative estimate of drug-likeness (QED) is 0.752. The summed E-state index contributed by atoms with van der Waals surface area (Å²) in [7, 11) is 0. The number of rotatable bonds is 1. The van der Waals surface area contributed by atoms with Gasteiger partial charge in [0, 0.05) is 23.1 Å². The van der Waals surface area contributed by atoms with Gasteiger partial charge in [-0.15, -0.1) is 0 Å². The maximum Gasteiger partial charge on any atom is 0.0456 e. The Balaban J connectivity index is 1.99. The van der Waals surface area contributed by atoms with E-state index < -0.39 is 0 Å². The molecule has 1 saturated carbocycles. The lowest BCUT2D eigenvalue weighted by Gasteiger charge is -2.26. The SMILES string of the molecule is N[C@H]1CCC[C@H](c2c[nH]c3ccccc23)C1. The largest absolute Gasteiger partial charge is 0.361 e. The zero-order chi connectivity index (χ0) is 11.0. The van der Waals surface area contributed by atoms with E-state index in [1.165, 1.54) is 35.7 Å². The molecule has 1 aromatic carbocycles. The first kappa shape index (κ1) is 9.91. The van der Waals surface area contributed by atoms with Crippen LogP contribution in [-0.4, -0.2) is 11.0 Å². The zero-order valence-corrected chi connectivity index (χ0v) is 9.45. The van der Waals surface area contributed by atoms with Crippen LogP contribution in [0, 0.1) is 0 Å². The Morgan fingerprint density at radius 2 is 2.06 bits per heavy atom. The molecule has 16 heavy (non-hydrogen) atoms. The fourth-order valence-electron chi connectivity index (χ4n) is 2.94. The van der Waals surface area contributed by atoms with Crippen LogP contribution >= 0.6 is 0 Å². The highest BCUT2D eigenvalue weighted by Gasteiger charge is 2.22. The highest BCUT2D eigenvalue weighted by molar-refractivity contribution is 5.83. The topological polar surface area (TPSA) is 41.8 Å². The van der Waals surface area contributed by atoms with Crippen LogP contribution in [0.1, 0.15) is 37.2 Å². The third kappa shape index (κ3) is 1.63. The first-order chi connectivity index (χ1) is 7.84. The van der Waals surface area contributed by atoms with Crippen molar-refractivity contribution < 1.29 is 0 Å². The number of para-hydroxylation sites is 1. The van der Waals surface area contributed by atoms with Crippen molar-refractivity contribution in [3.05, 3.63) is 36.0 Å². The summed E-state index contributed by atoms with van der Waals surface area (Å²) in [6.07, 6.45) is 7.06. The van der Waals surface area contributed by atoms with E-state index in [9.17, 15) is 0 Å². The van der Waals surface area contributed by atoms with Gasteiger partial charge in [-0.2, -0.15) is 0 Å². The summed E-state index contributed by atoms with van der Waals surface area (Å²) >= 11 is 0. The highest BCUT2D eigenvalue weighted by atomic mass is 14.7. The van der Waals surface area contributed by atoms with Gasteiger partial charge in [0.1, 0.15) is 0 Å².